The highest BCUT2D eigenvalue weighted by Gasteiger charge is 2.66. The fourth-order valence-electron chi connectivity index (χ4n) is 3.00. The van der Waals surface area contributed by atoms with Crippen molar-refractivity contribution in [3.05, 3.63) is 48.6 Å². The summed E-state index contributed by atoms with van der Waals surface area (Å²) in [5.74, 6) is 0. The van der Waals surface area contributed by atoms with Crippen LogP contribution in [0.25, 0.3) is 0 Å². The minimum Gasteiger partial charge on any atom is -0.375 e. The molecule has 0 unspecified atom stereocenters. The summed E-state index contributed by atoms with van der Waals surface area (Å²) in [5, 5.41) is 0. The molecule has 2 saturated carbocycles. The summed E-state index contributed by atoms with van der Waals surface area (Å²) in [6.45, 7) is 4.51. The molecule has 21 heavy (non-hydrogen) atoms. The van der Waals surface area contributed by atoms with E-state index in [0.717, 1.165) is 31.2 Å². The van der Waals surface area contributed by atoms with Crippen molar-refractivity contribution < 1.29 is 13.2 Å². The van der Waals surface area contributed by atoms with E-state index in [-0.39, 0.29) is 0 Å². The number of sulfone groups is 1. The smallest absolute Gasteiger partial charge is 0.164 e. The minimum absolute atomic E-state index is 0.323. The van der Waals surface area contributed by atoms with Gasteiger partial charge in [-0.15, -0.1) is 6.58 Å². The molecule has 0 N–H and O–H groups in total. The summed E-state index contributed by atoms with van der Waals surface area (Å²) < 4.78 is 30.4. The van der Waals surface area contributed by atoms with Crippen molar-refractivity contribution >= 4 is 9.84 Å². The standard InChI is InChI=1S/C17H22O3S/c1-2-8-16(9-10-16)21(18,19)17(11-12-17)14-20-13-15-6-4-3-5-7-15/h2-7H,1,8-14H2. The van der Waals surface area contributed by atoms with E-state index in [2.05, 4.69) is 6.58 Å². The molecule has 2 aliphatic carbocycles. The number of ether oxygens (including phenoxy) is 1. The van der Waals surface area contributed by atoms with Gasteiger partial charge in [0.2, 0.25) is 0 Å². The Morgan fingerprint density at radius 1 is 1.10 bits per heavy atom. The molecular formula is C17H22O3S. The minimum atomic E-state index is -3.13. The van der Waals surface area contributed by atoms with Crippen LogP contribution in [0, 0.1) is 0 Å². The van der Waals surface area contributed by atoms with Crippen LogP contribution in [0.5, 0.6) is 0 Å². The highest BCUT2D eigenvalue weighted by Crippen LogP contribution is 2.58. The summed E-state index contributed by atoms with van der Waals surface area (Å²) in [6, 6.07) is 9.88. The second-order valence-corrected chi connectivity index (χ2v) is 9.08. The first-order valence-electron chi connectivity index (χ1n) is 7.52. The molecule has 1 aromatic carbocycles. The van der Waals surface area contributed by atoms with Gasteiger partial charge in [-0.3, -0.25) is 0 Å². The van der Waals surface area contributed by atoms with Crippen LogP contribution in [0.4, 0.5) is 0 Å². The summed E-state index contributed by atoms with van der Waals surface area (Å²) in [7, 11) is -3.13. The lowest BCUT2D eigenvalue weighted by Crippen LogP contribution is -2.38. The zero-order chi connectivity index (χ0) is 15.0. The van der Waals surface area contributed by atoms with Gasteiger partial charge in [0.1, 0.15) is 0 Å². The van der Waals surface area contributed by atoms with Crippen LogP contribution >= 0.6 is 0 Å². The van der Waals surface area contributed by atoms with E-state index in [1.165, 1.54) is 0 Å². The zero-order valence-electron chi connectivity index (χ0n) is 12.3. The van der Waals surface area contributed by atoms with E-state index in [9.17, 15) is 8.42 Å². The predicted octanol–water partition coefficient (Wildman–Crippen LogP) is 3.26. The second kappa shape index (κ2) is 5.25. The van der Waals surface area contributed by atoms with E-state index >= 15 is 0 Å². The van der Waals surface area contributed by atoms with Gasteiger partial charge in [-0.1, -0.05) is 36.4 Å². The third-order valence-electron chi connectivity index (χ3n) is 4.75. The topological polar surface area (TPSA) is 43.4 Å². The fraction of sp³-hybridized carbons (Fsp3) is 0.529. The van der Waals surface area contributed by atoms with E-state index in [0.29, 0.717) is 19.6 Å². The van der Waals surface area contributed by atoms with Crippen LogP contribution < -0.4 is 0 Å². The van der Waals surface area contributed by atoms with Crippen LogP contribution in [0.15, 0.2) is 43.0 Å². The van der Waals surface area contributed by atoms with Crippen LogP contribution in [-0.2, 0) is 21.2 Å². The Kier molecular flexibility index (Phi) is 3.70. The Hall–Kier alpha value is -1.13. The number of allylic oxidation sites excluding steroid dienone is 1. The van der Waals surface area contributed by atoms with Crippen molar-refractivity contribution in [1.29, 1.82) is 0 Å². The van der Waals surface area contributed by atoms with Crippen molar-refractivity contribution in [1.82, 2.24) is 0 Å². The molecule has 0 amide bonds. The van der Waals surface area contributed by atoms with Gasteiger partial charge in [-0.2, -0.15) is 0 Å². The van der Waals surface area contributed by atoms with Gasteiger partial charge >= 0.3 is 0 Å². The van der Waals surface area contributed by atoms with Crippen molar-refractivity contribution in [3.8, 4) is 0 Å². The third kappa shape index (κ3) is 2.55. The lowest BCUT2D eigenvalue weighted by atomic mass is 10.2. The maximum absolute atomic E-state index is 12.9. The predicted molar refractivity (Wildman–Crippen MR) is 83.8 cm³/mol. The lowest BCUT2D eigenvalue weighted by molar-refractivity contribution is 0.116. The third-order valence-corrected chi connectivity index (χ3v) is 8.13. The Bertz CT molecular complexity index is 611. The molecule has 0 aliphatic heterocycles. The van der Waals surface area contributed by atoms with Crippen molar-refractivity contribution in [2.24, 2.45) is 0 Å². The molecule has 114 valence electrons. The Morgan fingerprint density at radius 2 is 1.71 bits per heavy atom. The van der Waals surface area contributed by atoms with E-state index in [4.69, 9.17) is 4.74 Å². The van der Waals surface area contributed by atoms with E-state index in [1.54, 1.807) is 6.08 Å². The molecule has 0 aromatic heterocycles. The van der Waals surface area contributed by atoms with Gasteiger partial charge in [0.05, 0.1) is 22.7 Å². The largest absolute Gasteiger partial charge is 0.375 e. The molecule has 3 rings (SSSR count). The van der Waals surface area contributed by atoms with Gasteiger partial charge in [-0.25, -0.2) is 8.42 Å². The maximum Gasteiger partial charge on any atom is 0.164 e. The highest BCUT2D eigenvalue weighted by atomic mass is 32.2. The molecule has 0 heterocycles. The number of hydrogen-bond donors (Lipinski definition) is 0. The first-order chi connectivity index (χ1) is 10.1. The lowest BCUT2D eigenvalue weighted by Gasteiger charge is -2.23. The quantitative estimate of drug-likeness (QED) is 0.692. The van der Waals surface area contributed by atoms with Gasteiger partial charge < -0.3 is 4.74 Å². The summed E-state index contributed by atoms with van der Waals surface area (Å²) in [4.78, 5) is 0. The maximum atomic E-state index is 12.9. The van der Waals surface area contributed by atoms with Crippen LogP contribution in [-0.4, -0.2) is 24.5 Å². The Balaban J connectivity index is 1.64. The molecule has 3 nitrogen and oxygen atoms in total. The van der Waals surface area contributed by atoms with Gasteiger partial charge in [0.15, 0.2) is 9.84 Å². The summed E-state index contributed by atoms with van der Waals surface area (Å²) >= 11 is 0. The Morgan fingerprint density at radius 3 is 2.24 bits per heavy atom. The first-order valence-corrected chi connectivity index (χ1v) is 9.00. The summed E-state index contributed by atoms with van der Waals surface area (Å²) in [5.41, 5.74) is 1.08. The number of rotatable bonds is 8. The molecule has 4 heteroatoms. The van der Waals surface area contributed by atoms with Gasteiger partial charge in [0, 0.05) is 0 Å². The number of hydrogen-bond acceptors (Lipinski definition) is 3. The molecular weight excluding hydrogens is 284 g/mol. The summed E-state index contributed by atoms with van der Waals surface area (Å²) in [6.07, 6.45) is 5.36. The SMILES string of the molecule is C=CCC1(S(=O)(=O)C2(COCc3ccccc3)CC2)CC1. The van der Waals surface area contributed by atoms with Crippen LogP contribution in [0.2, 0.25) is 0 Å². The van der Waals surface area contributed by atoms with Gasteiger partial charge in [-0.05, 0) is 37.7 Å². The second-order valence-electron chi connectivity index (χ2n) is 6.34. The monoisotopic (exact) mass is 306 g/mol. The highest BCUT2D eigenvalue weighted by molar-refractivity contribution is 7.94. The van der Waals surface area contributed by atoms with Gasteiger partial charge in [0.25, 0.3) is 0 Å². The van der Waals surface area contributed by atoms with Crippen molar-refractivity contribution in [3.63, 3.8) is 0 Å². The fourth-order valence-corrected chi connectivity index (χ4v) is 5.78. The van der Waals surface area contributed by atoms with Crippen molar-refractivity contribution in [2.75, 3.05) is 6.61 Å². The molecule has 0 spiro atoms. The van der Waals surface area contributed by atoms with Crippen LogP contribution in [0.1, 0.15) is 37.7 Å². The average molecular weight is 306 g/mol. The molecule has 0 saturated heterocycles. The van der Waals surface area contributed by atoms with Crippen LogP contribution in [0.3, 0.4) is 0 Å². The average Bonchev–Trinajstić information content (AvgIpc) is 3.35. The number of benzene rings is 1. The molecule has 1 aromatic rings. The van der Waals surface area contributed by atoms with Crippen molar-refractivity contribution in [2.45, 2.75) is 48.2 Å². The normalized spacial score (nSPS) is 21.7. The molecule has 0 atom stereocenters. The Labute approximate surface area is 126 Å². The molecule has 0 bridgehead atoms. The van der Waals surface area contributed by atoms with E-state index < -0.39 is 19.3 Å². The zero-order valence-corrected chi connectivity index (χ0v) is 13.1. The molecule has 2 aliphatic rings. The van der Waals surface area contributed by atoms with E-state index in [1.807, 2.05) is 30.3 Å². The molecule has 0 radical (unpaired) electrons. The molecule has 2 fully saturated rings. The first kappa shape index (κ1) is 14.8.